The van der Waals surface area contributed by atoms with Crippen molar-refractivity contribution in [1.82, 2.24) is 10.2 Å². The Hall–Kier alpha value is -0.870. The van der Waals surface area contributed by atoms with Crippen LogP contribution in [0.25, 0.3) is 0 Å². The van der Waals surface area contributed by atoms with Crippen LogP contribution in [0.1, 0.15) is 19.8 Å². The van der Waals surface area contributed by atoms with Crippen LogP contribution in [-0.2, 0) is 4.79 Å². The minimum atomic E-state index is -0.882. The number of carbonyl (C=O) groups is 1. The molecule has 2 N–H and O–H groups in total. The monoisotopic (exact) mass is 226 g/mol. The second-order valence-electron chi connectivity index (χ2n) is 4.99. The lowest BCUT2D eigenvalue weighted by Crippen LogP contribution is -2.42. The minimum absolute atomic E-state index is 0.365. The lowest BCUT2D eigenvalue weighted by atomic mass is 9.80. The lowest BCUT2D eigenvalue weighted by molar-refractivity contribution is -0.131. The van der Waals surface area contributed by atoms with Gasteiger partial charge in [-0.2, -0.15) is 0 Å². The summed E-state index contributed by atoms with van der Waals surface area (Å²) in [6, 6.07) is 0. The maximum Gasteiger partial charge on any atom is 0.328 e. The van der Waals surface area contributed by atoms with Gasteiger partial charge in [-0.25, -0.2) is 4.79 Å². The Kier molecular flexibility index (Phi) is 4.96. The number of carboxylic acids is 1. The van der Waals surface area contributed by atoms with Crippen LogP contribution in [0.5, 0.6) is 0 Å². The second-order valence-corrected chi connectivity index (χ2v) is 4.99. The number of aliphatic carboxylic acids is 1. The standard InChI is InChI=1S/C12H22N2O2/c1-12(5-8-14(2)9-6-12)10-13-7-3-4-11(15)16/h3-4,13H,5-10H2,1-2H3,(H,15,16)/b4-3+. The Balaban J connectivity index is 2.19. The van der Waals surface area contributed by atoms with Crippen molar-refractivity contribution in [2.24, 2.45) is 5.41 Å². The Morgan fingerprint density at radius 3 is 2.69 bits per heavy atom. The third kappa shape index (κ3) is 4.77. The molecule has 1 aliphatic rings. The fourth-order valence-corrected chi connectivity index (χ4v) is 1.95. The lowest BCUT2D eigenvalue weighted by Gasteiger charge is -2.38. The Bertz CT molecular complexity index is 256. The number of carboxylic acid groups (broad SMARTS) is 1. The summed E-state index contributed by atoms with van der Waals surface area (Å²) in [5.41, 5.74) is 0.365. The highest BCUT2D eigenvalue weighted by atomic mass is 16.4. The van der Waals surface area contributed by atoms with Gasteiger partial charge in [-0.3, -0.25) is 0 Å². The van der Waals surface area contributed by atoms with Gasteiger partial charge in [-0.1, -0.05) is 13.0 Å². The average Bonchev–Trinajstić information content (AvgIpc) is 2.22. The summed E-state index contributed by atoms with van der Waals surface area (Å²) in [6.07, 6.45) is 5.25. The highest BCUT2D eigenvalue weighted by Gasteiger charge is 2.27. The number of nitrogens with zero attached hydrogens (tertiary/aromatic N) is 1. The molecule has 0 aromatic rings. The number of rotatable bonds is 5. The van der Waals surface area contributed by atoms with Gasteiger partial charge in [0, 0.05) is 19.2 Å². The van der Waals surface area contributed by atoms with Crippen LogP contribution < -0.4 is 5.32 Å². The van der Waals surface area contributed by atoms with Crippen LogP contribution in [0.2, 0.25) is 0 Å². The van der Waals surface area contributed by atoms with Gasteiger partial charge in [0.15, 0.2) is 0 Å². The predicted octanol–water partition coefficient (Wildman–Crippen LogP) is 0.949. The van der Waals surface area contributed by atoms with E-state index in [4.69, 9.17) is 5.11 Å². The van der Waals surface area contributed by atoms with Crippen molar-refractivity contribution in [3.63, 3.8) is 0 Å². The summed E-state index contributed by atoms with van der Waals surface area (Å²) >= 11 is 0. The largest absolute Gasteiger partial charge is 0.478 e. The third-order valence-electron chi connectivity index (χ3n) is 3.27. The molecular weight excluding hydrogens is 204 g/mol. The minimum Gasteiger partial charge on any atom is -0.478 e. The third-order valence-corrected chi connectivity index (χ3v) is 3.27. The maximum absolute atomic E-state index is 10.2. The van der Waals surface area contributed by atoms with Crippen LogP contribution >= 0.6 is 0 Å². The molecule has 0 aromatic carbocycles. The summed E-state index contributed by atoms with van der Waals surface area (Å²) in [5, 5.41) is 11.7. The number of likely N-dealkylation sites (tertiary alicyclic amines) is 1. The van der Waals surface area contributed by atoms with Crippen molar-refractivity contribution in [2.75, 3.05) is 33.2 Å². The van der Waals surface area contributed by atoms with E-state index in [1.54, 1.807) is 6.08 Å². The molecule has 0 atom stereocenters. The smallest absolute Gasteiger partial charge is 0.328 e. The van der Waals surface area contributed by atoms with Crippen LogP contribution in [0.15, 0.2) is 12.2 Å². The first kappa shape index (κ1) is 13.2. The fourth-order valence-electron chi connectivity index (χ4n) is 1.95. The highest BCUT2D eigenvalue weighted by molar-refractivity contribution is 5.79. The molecule has 16 heavy (non-hydrogen) atoms. The molecule has 4 nitrogen and oxygen atoms in total. The molecule has 0 radical (unpaired) electrons. The van der Waals surface area contributed by atoms with Crippen molar-refractivity contribution >= 4 is 5.97 Å². The van der Waals surface area contributed by atoms with Crippen LogP contribution in [0.4, 0.5) is 0 Å². The van der Waals surface area contributed by atoms with Gasteiger partial charge in [-0.05, 0) is 38.4 Å². The summed E-state index contributed by atoms with van der Waals surface area (Å²) in [4.78, 5) is 12.6. The fraction of sp³-hybridized carbons (Fsp3) is 0.750. The molecule has 1 fully saturated rings. The summed E-state index contributed by atoms with van der Waals surface area (Å²) in [7, 11) is 2.16. The van der Waals surface area contributed by atoms with Crippen LogP contribution in [0, 0.1) is 5.41 Å². The molecule has 0 amide bonds. The van der Waals surface area contributed by atoms with Crippen molar-refractivity contribution in [3.8, 4) is 0 Å². The van der Waals surface area contributed by atoms with Gasteiger partial charge in [0.2, 0.25) is 0 Å². The van der Waals surface area contributed by atoms with Gasteiger partial charge in [0.25, 0.3) is 0 Å². The zero-order chi connectivity index (χ0) is 12.0. The van der Waals surface area contributed by atoms with Gasteiger partial charge >= 0.3 is 5.97 Å². The first-order valence-corrected chi connectivity index (χ1v) is 5.81. The van der Waals surface area contributed by atoms with E-state index in [-0.39, 0.29) is 0 Å². The molecule has 0 saturated carbocycles. The van der Waals surface area contributed by atoms with Crippen molar-refractivity contribution in [2.45, 2.75) is 19.8 Å². The molecule has 1 aliphatic heterocycles. The quantitative estimate of drug-likeness (QED) is 0.541. The van der Waals surface area contributed by atoms with E-state index in [1.807, 2.05) is 0 Å². The van der Waals surface area contributed by atoms with E-state index < -0.39 is 5.97 Å². The topological polar surface area (TPSA) is 52.6 Å². The van der Waals surface area contributed by atoms with E-state index in [0.717, 1.165) is 19.6 Å². The first-order chi connectivity index (χ1) is 7.52. The molecule has 1 heterocycles. The summed E-state index contributed by atoms with van der Waals surface area (Å²) in [6.45, 7) is 6.21. The average molecular weight is 226 g/mol. The van der Waals surface area contributed by atoms with E-state index in [2.05, 4.69) is 24.2 Å². The Labute approximate surface area is 97.3 Å². The molecule has 0 aromatic heterocycles. The van der Waals surface area contributed by atoms with Gasteiger partial charge in [0.05, 0.1) is 0 Å². The van der Waals surface area contributed by atoms with Crippen LogP contribution in [-0.4, -0.2) is 49.2 Å². The number of nitrogens with one attached hydrogen (secondary N) is 1. The molecule has 92 valence electrons. The van der Waals surface area contributed by atoms with Gasteiger partial charge < -0.3 is 15.3 Å². The van der Waals surface area contributed by atoms with Gasteiger partial charge in [-0.15, -0.1) is 0 Å². The van der Waals surface area contributed by atoms with Gasteiger partial charge in [0.1, 0.15) is 0 Å². The normalized spacial score (nSPS) is 21.4. The molecule has 4 heteroatoms. The first-order valence-electron chi connectivity index (χ1n) is 5.81. The van der Waals surface area contributed by atoms with Crippen molar-refractivity contribution in [1.29, 1.82) is 0 Å². The molecule has 1 saturated heterocycles. The second kappa shape index (κ2) is 6.01. The van der Waals surface area contributed by atoms with E-state index in [0.29, 0.717) is 12.0 Å². The zero-order valence-electron chi connectivity index (χ0n) is 10.2. The highest BCUT2D eigenvalue weighted by Crippen LogP contribution is 2.29. The summed E-state index contributed by atoms with van der Waals surface area (Å²) < 4.78 is 0. The number of piperidine rings is 1. The SMILES string of the molecule is CN1CCC(C)(CNC/C=C/C(=O)O)CC1. The number of hydrogen-bond acceptors (Lipinski definition) is 3. The van der Waals surface area contributed by atoms with E-state index in [9.17, 15) is 4.79 Å². The van der Waals surface area contributed by atoms with Crippen molar-refractivity contribution < 1.29 is 9.90 Å². The number of hydrogen-bond donors (Lipinski definition) is 2. The molecule has 0 unspecified atom stereocenters. The molecule has 0 aliphatic carbocycles. The zero-order valence-corrected chi connectivity index (χ0v) is 10.2. The van der Waals surface area contributed by atoms with Crippen molar-refractivity contribution in [3.05, 3.63) is 12.2 Å². The Morgan fingerprint density at radius 2 is 2.12 bits per heavy atom. The molecular formula is C12H22N2O2. The van der Waals surface area contributed by atoms with Crippen LogP contribution in [0.3, 0.4) is 0 Å². The predicted molar refractivity (Wildman–Crippen MR) is 64.5 cm³/mol. The Morgan fingerprint density at radius 1 is 1.50 bits per heavy atom. The molecule has 0 spiro atoms. The van der Waals surface area contributed by atoms with E-state index in [1.165, 1.54) is 18.9 Å². The molecule has 1 rings (SSSR count). The maximum atomic E-state index is 10.2. The summed E-state index contributed by atoms with van der Waals surface area (Å²) in [5.74, 6) is -0.882. The van der Waals surface area contributed by atoms with E-state index >= 15 is 0 Å². The molecule has 0 bridgehead atoms.